The summed E-state index contributed by atoms with van der Waals surface area (Å²) in [6.07, 6.45) is 2.86. The van der Waals surface area contributed by atoms with Crippen molar-refractivity contribution in [3.8, 4) is 0 Å². The van der Waals surface area contributed by atoms with Crippen LogP contribution in [0, 0.1) is 5.92 Å². The normalized spacial score (nSPS) is 18.6. The summed E-state index contributed by atoms with van der Waals surface area (Å²) in [5.74, 6) is -0.921. The Hall–Kier alpha value is -2.14. The van der Waals surface area contributed by atoms with Gasteiger partial charge in [0.05, 0.1) is 18.2 Å². The van der Waals surface area contributed by atoms with Crippen LogP contribution in [0.1, 0.15) is 44.0 Å². The summed E-state index contributed by atoms with van der Waals surface area (Å²) in [4.78, 5) is 13.4. The van der Waals surface area contributed by atoms with Crippen LogP contribution in [-0.4, -0.2) is 38.8 Å². The Balaban J connectivity index is 1.79. The Morgan fingerprint density at radius 2 is 1.96 bits per heavy atom. The number of carboxylic acids is 1. The number of benzene rings is 1. The smallest absolute Gasteiger partial charge is 0.307 e. The van der Waals surface area contributed by atoms with Crippen molar-refractivity contribution < 1.29 is 9.90 Å². The molecule has 1 aromatic heterocycles. The minimum Gasteiger partial charge on any atom is -0.481 e. The first-order valence-electron chi connectivity index (χ1n) is 8.89. The molecule has 0 bridgehead atoms. The Kier molecular flexibility index (Phi) is 4.95. The van der Waals surface area contributed by atoms with E-state index in [4.69, 9.17) is 5.10 Å². The monoisotopic (exact) mass is 341 g/mol. The van der Waals surface area contributed by atoms with Gasteiger partial charge < -0.3 is 5.11 Å². The molecule has 134 valence electrons. The molecule has 1 fully saturated rings. The van der Waals surface area contributed by atoms with E-state index in [1.807, 2.05) is 22.9 Å². The molecule has 0 radical (unpaired) electrons. The zero-order chi connectivity index (χ0) is 18.0. The fraction of sp³-hybridized carbons (Fsp3) is 0.500. The molecule has 5 heteroatoms. The fourth-order valence-corrected chi connectivity index (χ4v) is 3.48. The first kappa shape index (κ1) is 17.7. The molecule has 2 aromatic rings. The molecule has 0 amide bonds. The van der Waals surface area contributed by atoms with Crippen molar-refractivity contribution in [2.45, 2.75) is 45.7 Å². The van der Waals surface area contributed by atoms with Gasteiger partial charge in [-0.15, -0.1) is 0 Å². The van der Waals surface area contributed by atoms with E-state index in [0.29, 0.717) is 6.54 Å². The van der Waals surface area contributed by atoms with Crippen molar-refractivity contribution in [3.05, 3.63) is 53.3 Å². The highest BCUT2D eigenvalue weighted by Crippen LogP contribution is 2.27. The van der Waals surface area contributed by atoms with Crippen LogP contribution in [0.5, 0.6) is 0 Å². The Labute approximate surface area is 149 Å². The largest absolute Gasteiger partial charge is 0.481 e. The van der Waals surface area contributed by atoms with Crippen LogP contribution in [0.2, 0.25) is 0 Å². The zero-order valence-electron chi connectivity index (χ0n) is 15.3. The third-order valence-electron chi connectivity index (χ3n) is 4.75. The molecular formula is C20H27N3O2. The number of hydrogen-bond donors (Lipinski definition) is 1. The van der Waals surface area contributed by atoms with E-state index in [1.54, 1.807) is 0 Å². The van der Waals surface area contributed by atoms with Gasteiger partial charge >= 0.3 is 5.97 Å². The van der Waals surface area contributed by atoms with E-state index in [1.165, 1.54) is 11.1 Å². The van der Waals surface area contributed by atoms with E-state index in [2.05, 4.69) is 44.0 Å². The van der Waals surface area contributed by atoms with Crippen LogP contribution in [0.25, 0.3) is 0 Å². The van der Waals surface area contributed by atoms with Crippen molar-refractivity contribution in [1.82, 2.24) is 14.7 Å². The highest BCUT2D eigenvalue weighted by atomic mass is 16.4. The lowest BCUT2D eigenvalue weighted by molar-refractivity contribution is -0.141. The van der Waals surface area contributed by atoms with Gasteiger partial charge in [0.15, 0.2) is 0 Å². The standard InChI is InChI=1S/C20H27N3O2/c1-20(2,3)18-17(13-22-10-9-16(12-22)19(24)25)14-23(21-18)11-15-7-5-4-6-8-15/h4-8,14,16H,9-13H2,1-3H3,(H,24,25). The quantitative estimate of drug-likeness (QED) is 0.908. The molecule has 0 aliphatic carbocycles. The van der Waals surface area contributed by atoms with E-state index in [9.17, 15) is 9.90 Å². The van der Waals surface area contributed by atoms with Gasteiger partial charge in [0.1, 0.15) is 0 Å². The molecule has 1 aliphatic rings. The van der Waals surface area contributed by atoms with Crippen molar-refractivity contribution in [2.75, 3.05) is 13.1 Å². The maximum Gasteiger partial charge on any atom is 0.307 e. The van der Waals surface area contributed by atoms with E-state index in [-0.39, 0.29) is 11.3 Å². The van der Waals surface area contributed by atoms with Gasteiger partial charge in [-0.2, -0.15) is 5.10 Å². The second-order valence-electron chi connectivity index (χ2n) is 8.00. The van der Waals surface area contributed by atoms with Gasteiger partial charge in [0, 0.05) is 30.3 Å². The van der Waals surface area contributed by atoms with E-state index >= 15 is 0 Å². The first-order valence-corrected chi connectivity index (χ1v) is 8.89. The van der Waals surface area contributed by atoms with Crippen LogP contribution in [0.15, 0.2) is 36.5 Å². The predicted octanol–water partition coefficient (Wildman–Crippen LogP) is 3.14. The summed E-state index contributed by atoms with van der Waals surface area (Å²) in [7, 11) is 0. The Bertz CT molecular complexity index is 731. The molecule has 3 rings (SSSR count). The summed E-state index contributed by atoms with van der Waals surface area (Å²) in [6.45, 7) is 9.52. The molecule has 1 atom stereocenters. The van der Waals surface area contributed by atoms with Gasteiger partial charge in [-0.05, 0) is 18.5 Å². The molecule has 0 spiro atoms. The van der Waals surface area contributed by atoms with Crippen molar-refractivity contribution in [3.63, 3.8) is 0 Å². The number of likely N-dealkylation sites (tertiary alicyclic amines) is 1. The number of nitrogens with zero attached hydrogens (tertiary/aromatic N) is 3. The predicted molar refractivity (Wildman–Crippen MR) is 97.5 cm³/mol. The average Bonchev–Trinajstić information content (AvgIpc) is 3.15. The average molecular weight is 341 g/mol. The molecule has 1 aliphatic heterocycles. The third kappa shape index (κ3) is 4.28. The lowest BCUT2D eigenvalue weighted by Crippen LogP contribution is -2.24. The highest BCUT2D eigenvalue weighted by Gasteiger charge is 2.30. The van der Waals surface area contributed by atoms with Gasteiger partial charge in [-0.3, -0.25) is 14.4 Å². The second-order valence-corrected chi connectivity index (χ2v) is 8.00. The highest BCUT2D eigenvalue weighted by molar-refractivity contribution is 5.70. The molecular weight excluding hydrogens is 314 g/mol. The number of aliphatic carboxylic acids is 1. The number of aromatic nitrogens is 2. The maximum absolute atomic E-state index is 11.2. The molecule has 5 nitrogen and oxygen atoms in total. The minimum atomic E-state index is -0.682. The number of carbonyl (C=O) groups is 1. The summed E-state index contributed by atoms with van der Waals surface area (Å²) in [6, 6.07) is 10.3. The van der Waals surface area contributed by atoms with Crippen LogP contribution in [0.4, 0.5) is 0 Å². The molecule has 1 saturated heterocycles. The first-order chi connectivity index (χ1) is 11.8. The SMILES string of the molecule is CC(C)(C)c1nn(Cc2ccccc2)cc1CN1CCC(C(=O)O)C1. The summed E-state index contributed by atoms with van der Waals surface area (Å²) in [5.41, 5.74) is 3.49. The lowest BCUT2D eigenvalue weighted by Gasteiger charge is -2.20. The van der Waals surface area contributed by atoms with Gasteiger partial charge in [-0.1, -0.05) is 51.1 Å². The molecule has 2 heterocycles. The second kappa shape index (κ2) is 7.00. The van der Waals surface area contributed by atoms with Crippen molar-refractivity contribution in [1.29, 1.82) is 0 Å². The lowest BCUT2D eigenvalue weighted by atomic mass is 9.89. The summed E-state index contributed by atoms with van der Waals surface area (Å²) >= 11 is 0. The van der Waals surface area contributed by atoms with Gasteiger partial charge in [0.2, 0.25) is 0 Å². The number of carboxylic acid groups (broad SMARTS) is 1. The number of rotatable bonds is 5. The van der Waals surface area contributed by atoms with Crippen molar-refractivity contribution in [2.24, 2.45) is 5.92 Å². The summed E-state index contributed by atoms with van der Waals surface area (Å²) < 4.78 is 2.01. The van der Waals surface area contributed by atoms with E-state index < -0.39 is 5.97 Å². The Morgan fingerprint density at radius 3 is 2.56 bits per heavy atom. The van der Waals surface area contributed by atoms with Crippen LogP contribution < -0.4 is 0 Å². The molecule has 1 unspecified atom stereocenters. The third-order valence-corrected chi connectivity index (χ3v) is 4.75. The molecule has 0 saturated carbocycles. The number of hydrogen-bond acceptors (Lipinski definition) is 3. The summed E-state index contributed by atoms with van der Waals surface area (Å²) in [5, 5.41) is 14.1. The zero-order valence-corrected chi connectivity index (χ0v) is 15.3. The topological polar surface area (TPSA) is 58.4 Å². The van der Waals surface area contributed by atoms with E-state index in [0.717, 1.165) is 31.7 Å². The van der Waals surface area contributed by atoms with Crippen LogP contribution >= 0.6 is 0 Å². The van der Waals surface area contributed by atoms with Crippen molar-refractivity contribution >= 4 is 5.97 Å². The fourth-order valence-electron chi connectivity index (χ4n) is 3.48. The van der Waals surface area contributed by atoms with Gasteiger partial charge in [0.25, 0.3) is 0 Å². The minimum absolute atomic E-state index is 0.0385. The molecule has 1 aromatic carbocycles. The van der Waals surface area contributed by atoms with Crippen LogP contribution in [-0.2, 0) is 23.3 Å². The molecule has 1 N–H and O–H groups in total. The van der Waals surface area contributed by atoms with Gasteiger partial charge in [-0.25, -0.2) is 0 Å². The Morgan fingerprint density at radius 1 is 1.24 bits per heavy atom. The maximum atomic E-state index is 11.2. The van der Waals surface area contributed by atoms with Crippen LogP contribution in [0.3, 0.4) is 0 Å². The molecule has 25 heavy (non-hydrogen) atoms.